The first-order chi connectivity index (χ1) is 5.36. The molecule has 0 aliphatic heterocycles. The minimum Gasteiger partial charge on any atom is -0.333 e. The van der Waals surface area contributed by atoms with Gasteiger partial charge in [-0.2, -0.15) is 0 Å². The number of aromatic nitrogens is 2. The van der Waals surface area contributed by atoms with Crippen molar-refractivity contribution in [1.82, 2.24) is 9.55 Å². The maximum Gasteiger partial charge on any atom is 0.0952 e. The van der Waals surface area contributed by atoms with Crippen LogP contribution in [-0.4, -0.2) is 9.55 Å². The van der Waals surface area contributed by atoms with Gasteiger partial charge in [0.1, 0.15) is 0 Å². The summed E-state index contributed by atoms with van der Waals surface area (Å²) in [6.07, 6.45) is 8.34. The normalized spacial score (nSPS) is 9.45. The van der Waals surface area contributed by atoms with Gasteiger partial charge < -0.3 is 4.57 Å². The molecule has 2 heteroatoms. The van der Waals surface area contributed by atoms with Gasteiger partial charge in [-0.3, -0.25) is 0 Å². The van der Waals surface area contributed by atoms with Crippen LogP contribution < -0.4 is 0 Å². The highest BCUT2D eigenvalue weighted by Gasteiger charge is 1.92. The van der Waals surface area contributed by atoms with Gasteiger partial charge in [-0.25, -0.2) is 4.98 Å². The van der Waals surface area contributed by atoms with Crippen LogP contribution in [-0.2, 0) is 13.0 Å². The monoisotopic (exact) mass is 148 g/mol. The van der Waals surface area contributed by atoms with E-state index in [0.717, 1.165) is 18.7 Å². The summed E-state index contributed by atoms with van der Waals surface area (Å²) in [7, 11) is 0. The highest BCUT2D eigenvalue weighted by molar-refractivity contribution is 5.01. The van der Waals surface area contributed by atoms with Gasteiger partial charge in [-0.15, -0.1) is 13.2 Å². The number of rotatable bonds is 4. The highest BCUT2D eigenvalue weighted by Crippen LogP contribution is 1.97. The molecule has 0 saturated carbocycles. The van der Waals surface area contributed by atoms with Gasteiger partial charge in [-0.1, -0.05) is 12.2 Å². The van der Waals surface area contributed by atoms with Gasteiger partial charge >= 0.3 is 0 Å². The first-order valence-electron chi connectivity index (χ1n) is 3.59. The van der Waals surface area contributed by atoms with Gasteiger partial charge in [0.05, 0.1) is 12.0 Å². The van der Waals surface area contributed by atoms with Crippen molar-refractivity contribution in [2.24, 2.45) is 0 Å². The van der Waals surface area contributed by atoms with Gasteiger partial charge in [0.2, 0.25) is 0 Å². The molecule has 0 atom stereocenters. The fourth-order valence-electron chi connectivity index (χ4n) is 0.909. The van der Waals surface area contributed by atoms with Crippen molar-refractivity contribution in [3.8, 4) is 0 Å². The minimum absolute atomic E-state index is 0.824. The molecule has 1 aromatic heterocycles. The van der Waals surface area contributed by atoms with E-state index in [1.165, 1.54) is 0 Å². The lowest BCUT2D eigenvalue weighted by Gasteiger charge is -1.91. The molecule has 0 fully saturated rings. The van der Waals surface area contributed by atoms with Crippen molar-refractivity contribution in [3.05, 3.63) is 43.5 Å². The summed E-state index contributed by atoms with van der Waals surface area (Å²) in [4.78, 5) is 4.17. The minimum atomic E-state index is 0.824. The molecule has 0 radical (unpaired) electrons. The maximum atomic E-state index is 4.17. The predicted molar refractivity (Wildman–Crippen MR) is 46.3 cm³/mol. The van der Waals surface area contributed by atoms with Crippen molar-refractivity contribution in [3.63, 3.8) is 0 Å². The van der Waals surface area contributed by atoms with E-state index in [2.05, 4.69) is 18.1 Å². The lowest BCUT2D eigenvalue weighted by molar-refractivity contribution is 0.821. The summed E-state index contributed by atoms with van der Waals surface area (Å²) >= 11 is 0. The van der Waals surface area contributed by atoms with Crippen molar-refractivity contribution in [1.29, 1.82) is 0 Å². The van der Waals surface area contributed by atoms with Gasteiger partial charge in [0, 0.05) is 19.2 Å². The molecule has 1 heterocycles. The Labute approximate surface area is 66.9 Å². The molecule has 0 aliphatic carbocycles. The standard InChI is InChI=1S/C9H12N2/c1-3-5-9-7-11(6-4-2)8-10-9/h3-4,7-8H,1-2,5-6H2. The van der Waals surface area contributed by atoms with E-state index in [4.69, 9.17) is 0 Å². The molecular formula is C9H12N2. The molecule has 1 aromatic rings. The quantitative estimate of drug-likeness (QED) is 0.595. The fraction of sp³-hybridized carbons (Fsp3) is 0.222. The molecule has 58 valence electrons. The number of hydrogen-bond donors (Lipinski definition) is 0. The predicted octanol–water partition coefficient (Wildman–Crippen LogP) is 1.80. The smallest absolute Gasteiger partial charge is 0.0952 e. The summed E-state index contributed by atoms with van der Waals surface area (Å²) in [5.74, 6) is 0. The van der Waals surface area contributed by atoms with E-state index in [0.29, 0.717) is 0 Å². The number of imidazole rings is 1. The summed E-state index contributed by atoms with van der Waals surface area (Å²) in [6.45, 7) is 8.11. The summed E-state index contributed by atoms with van der Waals surface area (Å²) in [5, 5.41) is 0. The van der Waals surface area contributed by atoms with Crippen LogP contribution >= 0.6 is 0 Å². The Hall–Kier alpha value is -1.31. The second-order valence-corrected chi connectivity index (χ2v) is 2.34. The Morgan fingerprint density at radius 1 is 1.45 bits per heavy atom. The van der Waals surface area contributed by atoms with Crippen LogP contribution in [0.1, 0.15) is 5.69 Å². The average molecular weight is 148 g/mol. The average Bonchev–Trinajstić information content (AvgIpc) is 2.38. The van der Waals surface area contributed by atoms with Crippen LogP contribution in [0.2, 0.25) is 0 Å². The second kappa shape index (κ2) is 3.76. The Morgan fingerprint density at radius 2 is 2.27 bits per heavy atom. The van der Waals surface area contributed by atoms with Gasteiger partial charge in [-0.05, 0) is 0 Å². The van der Waals surface area contributed by atoms with Crippen molar-refractivity contribution in [2.75, 3.05) is 0 Å². The SMILES string of the molecule is C=CCc1cn(CC=C)cn1. The molecule has 0 saturated heterocycles. The molecule has 2 nitrogen and oxygen atoms in total. The Bertz CT molecular complexity index is 223. The first-order valence-corrected chi connectivity index (χ1v) is 3.59. The van der Waals surface area contributed by atoms with Crippen LogP contribution in [0.5, 0.6) is 0 Å². The summed E-state index contributed by atoms with van der Waals surface area (Å²) < 4.78 is 1.99. The molecule has 0 N–H and O–H groups in total. The first kappa shape index (κ1) is 7.79. The zero-order chi connectivity index (χ0) is 8.10. The third-order valence-corrected chi connectivity index (χ3v) is 1.38. The van der Waals surface area contributed by atoms with Crippen LogP contribution in [0, 0.1) is 0 Å². The molecule has 0 aromatic carbocycles. The van der Waals surface area contributed by atoms with Crippen molar-refractivity contribution < 1.29 is 0 Å². The number of nitrogens with zero attached hydrogens (tertiary/aromatic N) is 2. The zero-order valence-electron chi connectivity index (χ0n) is 6.53. The molecule has 1 rings (SSSR count). The largest absolute Gasteiger partial charge is 0.333 e. The Kier molecular flexibility index (Phi) is 2.66. The van der Waals surface area contributed by atoms with Crippen LogP contribution in [0.3, 0.4) is 0 Å². The van der Waals surface area contributed by atoms with Crippen molar-refractivity contribution in [2.45, 2.75) is 13.0 Å². The molecule has 0 spiro atoms. The molecule has 0 amide bonds. The van der Waals surface area contributed by atoms with Crippen molar-refractivity contribution >= 4 is 0 Å². The maximum absolute atomic E-state index is 4.17. The third-order valence-electron chi connectivity index (χ3n) is 1.38. The molecule has 0 bridgehead atoms. The molecule has 0 aliphatic rings. The van der Waals surface area contributed by atoms with Gasteiger partial charge in [0.25, 0.3) is 0 Å². The van der Waals surface area contributed by atoms with E-state index >= 15 is 0 Å². The lowest BCUT2D eigenvalue weighted by atomic mass is 10.3. The molecular weight excluding hydrogens is 136 g/mol. The summed E-state index contributed by atoms with van der Waals surface area (Å²) in [6, 6.07) is 0. The molecule has 11 heavy (non-hydrogen) atoms. The van der Waals surface area contributed by atoms with E-state index in [1.54, 1.807) is 6.33 Å². The number of hydrogen-bond acceptors (Lipinski definition) is 1. The third kappa shape index (κ3) is 2.08. The van der Waals surface area contributed by atoms with E-state index in [1.807, 2.05) is 22.9 Å². The van der Waals surface area contributed by atoms with E-state index < -0.39 is 0 Å². The van der Waals surface area contributed by atoms with Crippen LogP contribution in [0.4, 0.5) is 0 Å². The zero-order valence-corrected chi connectivity index (χ0v) is 6.53. The summed E-state index contributed by atoms with van der Waals surface area (Å²) in [5.41, 5.74) is 1.06. The molecule has 0 unspecified atom stereocenters. The van der Waals surface area contributed by atoms with E-state index in [9.17, 15) is 0 Å². The second-order valence-electron chi connectivity index (χ2n) is 2.34. The van der Waals surface area contributed by atoms with Crippen LogP contribution in [0.25, 0.3) is 0 Å². The Morgan fingerprint density at radius 3 is 2.91 bits per heavy atom. The number of allylic oxidation sites excluding steroid dienone is 2. The van der Waals surface area contributed by atoms with E-state index in [-0.39, 0.29) is 0 Å². The highest BCUT2D eigenvalue weighted by atomic mass is 15.0. The lowest BCUT2D eigenvalue weighted by Crippen LogP contribution is -1.88. The fourth-order valence-corrected chi connectivity index (χ4v) is 0.909. The topological polar surface area (TPSA) is 17.8 Å². The van der Waals surface area contributed by atoms with Crippen LogP contribution in [0.15, 0.2) is 37.8 Å². The van der Waals surface area contributed by atoms with Gasteiger partial charge in [0.15, 0.2) is 0 Å². The Balaban J connectivity index is 2.64.